The number of aromatic nitrogens is 1. The third-order valence-corrected chi connectivity index (χ3v) is 6.64. The molecule has 41 heavy (non-hydrogen) atoms. The lowest BCUT2D eigenvalue weighted by molar-refractivity contribution is -0.394. The topological polar surface area (TPSA) is 153 Å². The highest BCUT2D eigenvalue weighted by Gasteiger charge is 2.21. The standard InChI is InChI=1S/C29H22ClN5O6/c1-17-4-5-22(14-26(17)30)32-29(36)21(16-31)13-20-12-18(2)33(19(20)3)23-6-9-25(10-7-23)41-28-11-8-24(34(37)38)15-27(28)35(39)40/h4-15H,1-3H3,(H,32,36)/b21-13-. The largest absolute Gasteiger partial charge is 0.450 e. The van der Waals surface area contributed by atoms with Crippen LogP contribution in [-0.4, -0.2) is 20.3 Å². The van der Waals surface area contributed by atoms with E-state index in [9.17, 15) is 30.3 Å². The van der Waals surface area contributed by atoms with Gasteiger partial charge in [-0.05, 0) is 86.5 Å². The van der Waals surface area contributed by atoms with Crippen LogP contribution in [0.4, 0.5) is 17.1 Å². The van der Waals surface area contributed by atoms with Crippen molar-refractivity contribution in [2.24, 2.45) is 0 Å². The molecule has 3 aromatic carbocycles. The number of carbonyl (C=O) groups is 1. The summed E-state index contributed by atoms with van der Waals surface area (Å²) in [6.07, 6.45) is 1.51. The van der Waals surface area contributed by atoms with Gasteiger partial charge in [-0.15, -0.1) is 0 Å². The molecule has 0 aliphatic carbocycles. The number of hydrogen-bond acceptors (Lipinski definition) is 7. The zero-order valence-electron chi connectivity index (χ0n) is 22.0. The zero-order valence-corrected chi connectivity index (χ0v) is 22.8. The monoisotopic (exact) mass is 571 g/mol. The summed E-state index contributed by atoms with van der Waals surface area (Å²) in [5.74, 6) is -0.420. The molecule has 1 amide bonds. The number of halogens is 1. The Morgan fingerprint density at radius 3 is 2.32 bits per heavy atom. The van der Waals surface area contributed by atoms with E-state index in [0.29, 0.717) is 16.3 Å². The van der Waals surface area contributed by atoms with E-state index in [2.05, 4.69) is 5.32 Å². The minimum atomic E-state index is -0.746. The Balaban J connectivity index is 1.57. The molecule has 0 bridgehead atoms. The predicted octanol–water partition coefficient (Wildman–Crippen LogP) is 7.21. The molecular weight excluding hydrogens is 550 g/mol. The Morgan fingerprint density at radius 2 is 1.71 bits per heavy atom. The van der Waals surface area contributed by atoms with Gasteiger partial charge in [-0.2, -0.15) is 5.26 Å². The van der Waals surface area contributed by atoms with Gasteiger partial charge in [-0.25, -0.2) is 0 Å². The first-order valence-corrected chi connectivity index (χ1v) is 12.5. The fourth-order valence-electron chi connectivity index (χ4n) is 4.14. The van der Waals surface area contributed by atoms with Crippen LogP contribution in [0.1, 0.15) is 22.5 Å². The van der Waals surface area contributed by atoms with E-state index in [1.54, 1.807) is 42.5 Å². The molecule has 1 N–H and O–H groups in total. The molecule has 0 saturated carbocycles. The van der Waals surface area contributed by atoms with Crippen molar-refractivity contribution in [2.45, 2.75) is 20.8 Å². The first-order chi connectivity index (χ1) is 19.5. The molecule has 11 nitrogen and oxygen atoms in total. The maximum Gasteiger partial charge on any atom is 0.318 e. The van der Waals surface area contributed by atoms with Crippen LogP contribution in [0.15, 0.2) is 72.3 Å². The fraction of sp³-hybridized carbons (Fsp3) is 0.103. The average molecular weight is 572 g/mol. The molecule has 0 fully saturated rings. The van der Waals surface area contributed by atoms with Crippen molar-refractivity contribution < 1.29 is 19.4 Å². The molecule has 0 aliphatic rings. The van der Waals surface area contributed by atoms with Gasteiger partial charge in [0.1, 0.15) is 17.4 Å². The summed E-state index contributed by atoms with van der Waals surface area (Å²) in [7, 11) is 0. The van der Waals surface area contributed by atoms with E-state index in [1.165, 1.54) is 12.1 Å². The third-order valence-electron chi connectivity index (χ3n) is 6.24. The van der Waals surface area contributed by atoms with E-state index in [0.717, 1.165) is 34.8 Å². The average Bonchev–Trinajstić information content (AvgIpc) is 3.21. The van der Waals surface area contributed by atoms with E-state index in [-0.39, 0.29) is 17.1 Å². The maximum absolute atomic E-state index is 12.8. The highest BCUT2D eigenvalue weighted by Crippen LogP contribution is 2.35. The van der Waals surface area contributed by atoms with Crippen molar-refractivity contribution in [3.63, 3.8) is 0 Å². The van der Waals surface area contributed by atoms with Gasteiger partial charge in [0.25, 0.3) is 11.6 Å². The Kier molecular flexibility index (Phi) is 8.16. The van der Waals surface area contributed by atoms with Crippen LogP contribution < -0.4 is 10.1 Å². The summed E-state index contributed by atoms with van der Waals surface area (Å²) in [4.78, 5) is 33.7. The van der Waals surface area contributed by atoms with Crippen molar-refractivity contribution in [1.29, 1.82) is 5.26 Å². The van der Waals surface area contributed by atoms with E-state index >= 15 is 0 Å². The number of nitro groups is 2. The molecule has 0 spiro atoms. The summed E-state index contributed by atoms with van der Waals surface area (Å²) in [6, 6.07) is 18.7. The van der Waals surface area contributed by atoms with Gasteiger partial charge >= 0.3 is 5.69 Å². The number of carbonyl (C=O) groups excluding carboxylic acids is 1. The summed E-state index contributed by atoms with van der Waals surface area (Å²) in [5.41, 5.74) is 3.30. The normalized spacial score (nSPS) is 11.0. The van der Waals surface area contributed by atoms with E-state index in [1.807, 2.05) is 37.5 Å². The maximum atomic E-state index is 12.8. The number of nitriles is 1. The Bertz CT molecular complexity index is 1770. The van der Waals surface area contributed by atoms with Gasteiger partial charge in [-0.1, -0.05) is 17.7 Å². The molecule has 4 rings (SSSR count). The first kappa shape index (κ1) is 28.5. The number of amides is 1. The second kappa shape index (κ2) is 11.7. The lowest BCUT2D eigenvalue weighted by Crippen LogP contribution is -2.13. The van der Waals surface area contributed by atoms with E-state index in [4.69, 9.17) is 16.3 Å². The first-order valence-electron chi connectivity index (χ1n) is 12.1. The van der Waals surface area contributed by atoms with Crippen LogP contribution in [0.2, 0.25) is 5.02 Å². The summed E-state index contributed by atoms with van der Waals surface area (Å²) >= 11 is 6.13. The lowest BCUT2D eigenvalue weighted by Gasteiger charge is -2.11. The van der Waals surface area contributed by atoms with Crippen molar-refractivity contribution in [3.05, 3.63) is 120 Å². The summed E-state index contributed by atoms with van der Waals surface area (Å²) < 4.78 is 7.56. The number of hydrogen-bond donors (Lipinski definition) is 1. The molecule has 0 radical (unpaired) electrons. The van der Waals surface area contributed by atoms with Crippen LogP contribution in [-0.2, 0) is 4.79 Å². The number of benzene rings is 3. The van der Waals surface area contributed by atoms with E-state index < -0.39 is 27.1 Å². The van der Waals surface area contributed by atoms with Crippen molar-refractivity contribution in [3.8, 4) is 23.3 Å². The fourth-order valence-corrected chi connectivity index (χ4v) is 4.32. The minimum Gasteiger partial charge on any atom is -0.450 e. The molecule has 0 atom stereocenters. The quantitative estimate of drug-likeness (QED) is 0.101. The lowest BCUT2D eigenvalue weighted by atomic mass is 10.1. The third kappa shape index (κ3) is 6.24. The zero-order chi connectivity index (χ0) is 29.8. The number of anilines is 1. The van der Waals surface area contributed by atoms with Crippen LogP contribution in [0, 0.1) is 52.3 Å². The number of ether oxygens (including phenoxy) is 1. The van der Waals surface area contributed by atoms with Crippen molar-refractivity contribution >= 4 is 40.6 Å². The second-order valence-corrected chi connectivity index (χ2v) is 9.42. The number of nitrogens with zero attached hydrogens (tertiary/aromatic N) is 4. The second-order valence-electron chi connectivity index (χ2n) is 9.01. The number of nitrogens with one attached hydrogen (secondary N) is 1. The number of non-ortho nitro benzene ring substituents is 1. The molecule has 1 aromatic heterocycles. The van der Waals surface area contributed by atoms with Crippen molar-refractivity contribution in [1.82, 2.24) is 4.57 Å². The van der Waals surface area contributed by atoms with Crippen LogP contribution in [0.25, 0.3) is 11.8 Å². The van der Waals surface area contributed by atoms with Gasteiger partial charge < -0.3 is 14.6 Å². The minimum absolute atomic E-state index is 0.0876. The Morgan fingerprint density at radius 1 is 1.00 bits per heavy atom. The number of rotatable bonds is 8. The van der Waals surface area contributed by atoms with Gasteiger partial charge in [0.2, 0.25) is 5.75 Å². The highest BCUT2D eigenvalue weighted by molar-refractivity contribution is 6.31. The van der Waals surface area contributed by atoms with Gasteiger partial charge in [0.05, 0.1) is 15.9 Å². The highest BCUT2D eigenvalue weighted by atomic mass is 35.5. The molecule has 206 valence electrons. The Hall–Kier alpha value is -5.47. The van der Waals surface area contributed by atoms with Gasteiger partial charge in [0, 0.05) is 33.9 Å². The number of aryl methyl sites for hydroxylation is 2. The number of nitro benzene ring substituents is 2. The molecular formula is C29H22ClN5O6. The molecule has 1 heterocycles. The van der Waals surface area contributed by atoms with Gasteiger partial charge in [-0.3, -0.25) is 25.0 Å². The smallest absolute Gasteiger partial charge is 0.318 e. The van der Waals surface area contributed by atoms with Crippen LogP contribution in [0.3, 0.4) is 0 Å². The van der Waals surface area contributed by atoms with Gasteiger partial charge in [0.15, 0.2) is 0 Å². The van der Waals surface area contributed by atoms with Crippen LogP contribution >= 0.6 is 11.6 Å². The van der Waals surface area contributed by atoms with Crippen LogP contribution in [0.5, 0.6) is 11.5 Å². The summed E-state index contributed by atoms with van der Waals surface area (Å²) in [5, 5.41) is 35.2. The Labute approximate surface area is 239 Å². The predicted molar refractivity (Wildman–Crippen MR) is 153 cm³/mol. The molecule has 4 aromatic rings. The SMILES string of the molecule is Cc1ccc(NC(=O)/C(C#N)=C\c2cc(C)n(-c3ccc(Oc4ccc([N+](=O)[O-])cc4[N+](=O)[O-])cc3)c2C)cc1Cl. The summed E-state index contributed by atoms with van der Waals surface area (Å²) in [6.45, 7) is 5.56. The molecule has 12 heteroatoms. The molecule has 0 saturated heterocycles. The molecule has 0 aliphatic heterocycles. The van der Waals surface area contributed by atoms with Crippen molar-refractivity contribution in [2.75, 3.05) is 5.32 Å². The molecule has 0 unspecified atom stereocenters.